The average Bonchev–Trinajstić information content (AvgIpc) is 2.30. The summed E-state index contributed by atoms with van der Waals surface area (Å²) >= 11 is 0. The number of rotatable bonds is 6. The summed E-state index contributed by atoms with van der Waals surface area (Å²) in [6, 6.07) is 0. The lowest BCUT2D eigenvalue weighted by Crippen LogP contribution is -2.16. The van der Waals surface area contributed by atoms with Crippen molar-refractivity contribution in [2.75, 3.05) is 13.7 Å². The van der Waals surface area contributed by atoms with Gasteiger partial charge >= 0.3 is 7.60 Å². The van der Waals surface area contributed by atoms with E-state index in [4.69, 9.17) is 9.05 Å². The fourth-order valence-electron chi connectivity index (χ4n) is 2.04. The van der Waals surface area contributed by atoms with E-state index in [-0.39, 0.29) is 5.66 Å². The largest absolute Gasteiger partial charge is 0.333 e. The molecule has 1 saturated carbocycles. The maximum Gasteiger partial charge on any atom is 0.333 e. The van der Waals surface area contributed by atoms with Gasteiger partial charge in [0.1, 0.15) is 0 Å². The normalized spacial score (nSPS) is 22.5. The highest BCUT2D eigenvalue weighted by Gasteiger charge is 2.35. The summed E-state index contributed by atoms with van der Waals surface area (Å²) in [4.78, 5) is 0. The van der Waals surface area contributed by atoms with Crippen LogP contribution in [0.1, 0.15) is 51.9 Å². The molecule has 0 aliphatic heterocycles. The molecule has 15 heavy (non-hydrogen) atoms. The van der Waals surface area contributed by atoms with Gasteiger partial charge in [-0.05, 0) is 19.3 Å². The van der Waals surface area contributed by atoms with Crippen LogP contribution in [0.25, 0.3) is 0 Å². The van der Waals surface area contributed by atoms with Crippen LogP contribution >= 0.6 is 7.60 Å². The number of unbranched alkanes of at least 4 members (excludes halogenated alkanes) is 1. The smallest absolute Gasteiger partial charge is 0.312 e. The molecule has 0 aromatic heterocycles. The molecule has 0 saturated heterocycles. The lowest BCUT2D eigenvalue weighted by atomic mass is 10.0. The van der Waals surface area contributed by atoms with Gasteiger partial charge < -0.3 is 9.05 Å². The van der Waals surface area contributed by atoms with E-state index in [9.17, 15) is 4.57 Å². The molecule has 1 rings (SSSR count). The zero-order valence-electron chi connectivity index (χ0n) is 9.91. The zero-order chi connectivity index (χ0) is 11.1. The van der Waals surface area contributed by atoms with Gasteiger partial charge in [-0.15, -0.1) is 0 Å². The number of hydrogen-bond acceptors (Lipinski definition) is 3. The quantitative estimate of drug-likeness (QED) is 0.515. The Hall–Kier alpha value is 0.150. The van der Waals surface area contributed by atoms with Crippen molar-refractivity contribution in [2.45, 2.75) is 57.5 Å². The molecule has 0 aromatic carbocycles. The highest BCUT2D eigenvalue weighted by molar-refractivity contribution is 7.54. The van der Waals surface area contributed by atoms with E-state index in [0.29, 0.717) is 6.61 Å². The SMILES string of the molecule is CCCCOP(=O)(OC)C1CCCCC1. The molecular weight excluding hydrogens is 211 g/mol. The minimum Gasteiger partial charge on any atom is -0.312 e. The minimum atomic E-state index is -2.81. The van der Waals surface area contributed by atoms with Gasteiger partial charge in [0.25, 0.3) is 0 Å². The van der Waals surface area contributed by atoms with Crippen LogP contribution in [0, 0.1) is 0 Å². The molecule has 0 radical (unpaired) electrons. The first kappa shape index (κ1) is 13.2. The highest BCUT2D eigenvalue weighted by Crippen LogP contribution is 2.56. The molecule has 0 bridgehead atoms. The number of hydrogen-bond donors (Lipinski definition) is 0. The molecule has 0 amide bonds. The van der Waals surface area contributed by atoms with Gasteiger partial charge in [-0.25, -0.2) is 0 Å². The predicted octanol–water partition coefficient (Wildman–Crippen LogP) is 3.98. The van der Waals surface area contributed by atoms with Gasteiger partial charge in [0.15, 0.2) is 0 Å². The Morgan fingerprint density at radius 1 is 1.27 bits per heavy atom. The first-order valence-electron chi connectivity index (χ1n) is 6.03. The average molecular weight is 234 g/mol. The van der Waals surface area contributed by atoms with Crippen LogP contribution < -0.4 is 0 Å². The first-order chi connectivity index (χ1) is 7.23. The van der Waals surface area contributed by atoms with Crippen LogP contribution in [0.15, 0.2) is 0 Å². The monoisotopic (exact) mass is 234 g/mol. The van der Waals surface area contributed by atoms with Crippen molar-refractivity contribution in [3.05, 3.63) is 0 Å². The molecular formula is C11H23O3P. The van der Waals surface area contributed by atoms with E-state index in [0.717, 1.165) is 38.5 Å². The van der Waals surface area contributed by atoms with Gasteiger partial charge in [0, 0.05) is 7.11 Å². The van der Waals surface area contributed by atoms with Crippen LogP contribution in [-0.4, -0.2) is 19.4 Å². The molecule has 1 unspecified atom stereocenters. The van der Waals surface area contributed by atoms with Crippen molar-refractivity contribution in [3.63, 3.8) is 0 Å². The third-order valence-corrected chi connectivity index (χ3v) is 5.51. The molecule has 1 atom stereocenters. The lowest BCUT2D eigenvalue weighted by molar-refractivity contribution is 0.215. The third kappa shape index (κ3) is 3.90. The molecule has 0 aromatic rings. The zero-order valence-corrected chi connectivity index (χ0v) is 10.8. The first-order valence-corrected chi connectivity index (χ1v) is 7.64. The third-order valence-electron chi connectivity index (χ3n) is 3.05. The minimum absolute atomic E-state index is 0.146. The fourth-order valence-corrected chi connectivity index (χ4v) is 4.04. The topological polar surface area (TPSA) is 35.5 Å². The molecule has 4 heteroatoms. The van der Waals surface area contributed by atoms with Gasteiger partial charge in [0.2, 0.25) is 0 Å². The van der Waals surface area contributed by atoms with Crippen LogP contribution in [0.2, 0.25) is 0 Å². The van der Waals surface area contributed by atoms with Crippen molar-refractivity contribution >= 4 is 7.60 Å². The standard InChI is InChI=1S/C11H23O3P/c1-3-4-10-14-15(12,13-2)11-8-6-5-7-9-11/h11H,3-10H2,1-2H3. The summed E-state index contributed by atoms with van der Waals surface area (Å²) in [5, 5.41) is 0. The van der Waals surface area contributed by atoms with Crippen LogP contribution in [0.5, 0.6) is 0 Å². The van der Waals surface area contributed by atoms with Gasteiger partial charge in [-0.2, -0.15) is 0 Å². The molecule has 0 spiro atoms. The van der Waals surface area contributed by atoms with Crippen molar-refractivity contribution in [2.24, 2.45) is 0 Å². The summed E-state index contributed by atoms with van der Waals surface area (Å²) < 4.78 is 23.0. The summed E-state index contributed by atoms with van der Waals surface area (Å²) in [6.45, 7) is 2.67. The molecule has 3 nitrogen and oxygen atoms in total. The van der Waals surface area contributed by atoms with Crippen molar-refractivity contribution in [3.8, 4) is 0 Å². The van der Waals surface area contributed by atoms with Gasteiger partial charge in [-0.1, -0.05) is 32.6 Å². The van der Waals surface area contributed by atoms with E-state index >= 15 is 0 Å². The molecule has 1 fully saturated rings. The molecule has 0 N–H and O–H groups in total. The maximum atomic E-state index is 12.4. The van der Waals surface area contributed by atoms with Gasteiger partial charge in [0.05, 0.1) is 12.3 Å². The summed E-state index contributed by atoms with van der Waals surface area (Å²) in [5.74, 6) is 0. The van der Waals surface area contributed by atoms with E-state index in [1.165, 1.54) is 13.5 Å². The second kappa shape index (κ2) is 6.67. The van der Waals surface area contributed by atoms with Crippen molar-refractivity contribution in [1.29, 1.82) is 0 Å². The van der Waals surface area contributed by atoms with Crippen LogP contribution in [0.4, 0.5) is 0 Å². The van der Waals surface area contributed by atoms with Crippen molar-refractivity contribution < 1.29 is 13.6 Å². The summed E-state index contributed by atoms with van der Waals surface area (Å²) in [7, 11) is -1.29. The van der Waals surface area contributed by atoms with E-state index in [2.05, 4.69) is 6.92 Å². The maximum absolute atomic E-state index is 12.4. The van der Waals surface area contributed by atoms with E-state index in [1.807, 2.05) is 0 Å². The van der Waals surface area contributed by atoms with Crippen LogP contribution in [0.3, 0.4) is 0 Å². The Kier molecular flexibility index (Phi) is 5.88. The van der Waals surface area contributed by atoms with E-state index < -0.39 is 7.60 Å². The second-order valence-electron chi connectivity index (χ2n) is 4.20. The lowest BCUT2D eigenvalue weighted by Gasteiger charge is -2.28. The predicted molar refractivity (Wildman–Crippen MR) is 62.3 cm³/mol. The molecule has 1 aliphatic rings. The summed E-state index contributed by atoms with van der Waals surface area (Å²) in [5.41, 5.74) is 0.146. The molecule has 90 valence electrons. The Morgan fingerprint density at radius 3 is 2.47 bits per heavy atom. The Balaban J connectivity index is 2.45. The Labute approximate surface area is 93.1 Å². The Bertz CT molecular complexity index is 212. The summed E-state index contributed by atoms with van der Waals surface area (Å²) in [6.07, 6.45) is 7.60. The fraction of sp³-hybridized carbons (Fsp3) is 1.00. The highest BCUT2D eigenvalue weighted by atomic mass is 31.2. The molecule has 1 aliphatic carbocycles. The second-order valence-corrected chi connectivity index (χ2v) is 6.63. The molecule has 0 heterocycles. The van der Waals surface area contributed by atoms with Gasteiger partial charge in [-0.3, -0.25) is 4.57 Å². The van der Waals surface area contributed by atoms with E-state index in [1.54, 1.807) is 0 Å². The van der Waals surface area contributed by atoms with Crippen molar-refractivity contribution in [1.82, 2.24) is 0 Å². The Morgan fingerprint density at radius 2 is 1.93 bits per heavy atom. The van der Waals surface area contributed by atoms with Crippen LogP contribution in [-0.2, 0) is 13.6 Å².